The molecule has 0 N–H and O–H groups in total. The topological polar surface area (TPSA) is 49.9 Å². The lowest BCUT2D eigenvalue weighted by molar-refractivity contribution is -0.133. The third kappa shape index (κ3) is 5.06. The molecule has 0 radical (unpaired) electrons. The number of carbonyl (C=O) groups excluding carboxylic acids is 2. The van der Waals surface area contributed by atoms with Crippen molar-refractivity contribution in [2.45, 2.75) is 25.3 Å². The lowest BCUT2D eigenvalue weighted by atomic mass is 9.87. The van der Waals surface area contributed by atoms with Gasteiger partial charge in [0.25, 0.3) is 0 Å². The van der Waals surface area contributed by atoms with Crippen LogP contribution in [0.3, 0.4) is 0 Å². The Bertz CT molecular complexity index is 1050. The lowest BCUT2D eigenvalue weighted by Gasteiger charge is -2.26. The van der Waals surface area contributed by atoms with Crippen molar-refractivity contribution in [1.82, 2.24) is 9.80 Å². The van der Waals surface area contributed by atoms with Crippen molar-refractivity contribution in [3.63, 3.8) is 0 Å². The first-order valence-electron chi connectivity index (χ1n) is 11.3. The van der Waals surface area contributed by atoms with E-state index in [0.717, 1.165) is 11.1 Å². The zero-order chi connectivity index (χ0) is 23.4. The van der Waals surface area contributed by atoms with E-state index in [4.69, 9.17) is 4.74 Å². The molecule has 1 unspecified atom stereocenters. The molecule has 33 heavy (non-hydrogen) atoms. The number of rotatable bonds is 7. The van der Waals surface area contributed by atoms with Crippen molar-refractivity contribution < 1.29 is 18.7 Å². The molecule has 172 valence electrons. The molecule has 2 fully saturated rings. The van der Waals surface area contributed by atoms with E-state index in [-0.39, 0.29) is 30.3 Å². The molecule has 0 spiro atoms. The Kier molecular flexibility index (Phi) is 7.04. The third-order valence-corrected chi connectivity index (χ3v) is 6.41. The van der Waals surface area contributed by atoms with Gasteiger partial charge in [0.1, 0.15) is 12.4 Å². The molecule has 6 heteroatoms. The Balaban J connectivity index is 1.60. The van der Waals surface area contributed by atoms with Crippen molar-refractivity contribution in [1.29, 1.82) is 0 Å². The number of ether oxygens (including phenoxy) is 1. The summed E-state index contributed by atoms with van der Waals surface area (Å²) in [6.07, 6.45) is 3.58. The Morgan fingerprint density at radius 3 is 2.61 bits per heavy atom. The van der Waals surface area contributed by atoms with Gasteiger partial charge >= 0.3 is 6.09 Å². The first kappa shape index (κ1) is 22.9. The number of likely N-dealkylation sites (tertiary alicyclic amines) is 1. The van der Waals surface area contributed by atoms with E-state index in [9.17, 15) is 14.0 Å². The predicted molar refractivity (Wildman–Crippen MR) is 125 cm³/mol. The van der Waals surface area contributed by atoms with Gasteiger partial charge in [0.2, 0.25) is 5.91 Å². The number of halogens is 1. The van der Waals surface area contributed by atoms with Gasteiger partial charge in [-0.15, -0.1) is 0 Å². The van der Waals surface area contributed by atoms with Gasteiger partial charge in [0, 0.05) is 25.6 Å². The fourth-order valence-corrected chi connectivity index (χ4v) is 4.91. The highest BCUT2D eigenvalue weighted by atomic mass is 19.1. The lowest BCUT2D eigenvalue weighted by Crippen LogP contribution is -2.45. The van der Waals surface area contributed by atoms with Gasteiger partial charge in [-0.25, -0.2) is 14.1 Å². The van der Waals surface area contributed by atoms with E-state index in [1.54, 1.807) is 24.3 Å². The minimum Gasteiger partial charge on any atom is -0.447 e. The van der Waals surface area contributed by atoms with Crippen molar-refractivity contribution >= 4 is 12.0 Å². The molecule has 3 atom stereocenters. The van der Waals surface area contributed by atoms with Crippen molar-refractivity contribution in [3.05, 3.63) is 95.8 Å². The fourth-order valence-electron chi connectivity index (χ4n) is 4.91. The normalized spacial score (nSPS) is 23.6. The quantitative estimate of drug-likeness (QED) is 0.583. The van der Waals surface area contributed by atoms with Gasteiger partial charge in [-0.2, -0.15) is 0 Å². The molecule has 5 nitrogen and oxygen atoms in total. The van der Waals surface area contributed by atoms with Gasteiger partial charge in [-0.3, -0.25) is 9.69 Å². The molecule has 2 saturated heterocycles. The minimum atomic E-state index is -0.616. The third-order valence-electron chi connectivity index (χ3n) is 6.41. The summed E-state index contributed by atoms with van der Waals surface area (Å²) in [5, 5.41) is 0. The number of imide groups is 1. The van der Waals surface area contributed by atoms with E-state index >= 15 is 0 Å². The van der Waals surface area contributed by atoms with Gasteiger partial charge in [-0.05, 0) is 30.5 Å². The molecule has 0 aliphatic carbocycles. The summed E-state index contributed by atoms with van der Waals surface area (Å²) in [7, 11) is 0. The Morgan fingerprint density at radius 2 is 1.88 bits per heavy atom. The summed E-state index contributed by atoms with van der Waals surface area (Å²) in [5.74, 6) is -1.51. The number of carbonyl (C=O) groups is 2. The summed E-state index contributed by atoms with van der Waals surface area (Å²) >= 11 is 0. The first-order chi connectivity index (χ1) is 16.0. The van der Waals surface area contributed by atoms with E-state index in [0.29, 0.717) is 31.6 Å². The Morgan fingerprint density at radius 1 is 1.15 bits per heavy atom. The Hall–Kier alpha value is -3.25. The van der Waals surface area contributed by atoms with E-state index in [1.807, 2.05) is 43.3 Å². The molecule has 0 aromatic heterocycles. The summed E-state index contributed by atoms with van der Waals surface area (Å²) in [6, 6.07) is 16.0. The highest BCUT2D eigenvalue weighted by molar-refractivity contribution is 5.95. The molecule has 2 heterocycles. The molecule has 2 aliphatic rings. The summed E-state index contributed by atoms with van der Waals surface area (Å²) < 4.78 is 20.0. The molecule has 2 aliphatic heterocycles. The zero-order valence-electron chi connectivity index (χ0n) is 18.8. The smallest absolute Gasteiger partial charge is 0.416 e. The number of allylic oxidation sites excluding steroid dienone is 2. The number of benzene rings is 2. The van der Waals surface area contributed by atoms with Crippen molar-refractivity contribution in [3.8, 4) is 0 Å². The maximum Gasteiger partial charge on any atom is 0.416 e. The molecule has 4 rings (SSSR count). The van der Waals surface area contributed by atoms with Crippen molar-refractivity contribution in [2.75, 3.05) is 26.2 Å². The van der Waals surface area contributed by atoms with E-state index in [2.05, 4.69) is 11.5 Å². The zero-order valence-corrected chi connectivity index (χ0v) is 18.8. The Labute approximate surface area is 194 Å². The van der Waals surface area contributed by atoms with Gasteiger partial charge in [-0.1, -0.05) is 72.8 Å². The van der Waals surface area contributed by atoms with Crippen LogP contribution in [0.1, 0.15) is 24.0 Å². The number of amides is 2. The van der Waals surface area contributed by atoms with Crippen LogP contribution in [-0.2, 0) is 16.0 Å². The maximum absolute atomic E-state index is 14.7. The second-order valence-corrected chi connectivity index (χ2v) is 8.81. The van der Waals surface area contributed by atoms with Gasteiger partial charge in [0.05, 0.1) is 12.0 Å². The van der Waals surface area contributed by atoms with Crippen LogP contribution in [0.15, 0.2) is 78.9 Å². The molecular weight excluding hydrogens is 419 g/mol. The SMILES string of the molecule is C=C/C=C(\C)CN1CC(C(=O)N2C(=O)OC[C@@H]2Cc2ccccc2)[C@H](c2ccccc2F)C1. The second kappa shape index (κ2) is 10.1. The molecule has 2 amide bonds. The number of nitrogens with zero attached hydrogens (tertiary/aromatic N) is 2. The van der Waals surface area contributed by atoms with Crippen LogP contribution < -0.4 is 0 Å². The van der Waals surface area contributed by atoms with Crippen LogP contribution in [0.4, 0.5) is 9.18 Å². The van der Waals surface area contributed by atoms with Crippen LogP contribution in [0, 0.1) is 11.7 Å². The fraction of sp³-hybridized carbons (Fsp3) is 0.333. The minimum absolute atomic E-state index is 0.168. The number of cyclic esters (lactones) is 1. The standard InChI is InChI=1S/C27H29FN2O3/c1-3-9-19(2)15-29-16-23(22-12-7-8-13-25(22)28)24(17-29)26(31)30-21(18-33-27(30)32)14-20-10-5-4-6-11-20/h3-13,21,23-24H,1,14-18H2,2H3/b19-9+/t21-,23-,24?/m0/s1. The van der Waals surface area contributed by atoms with Crippen LogP contribution >= 0.6 is 0 Å². The summed E-state index contributed by atoms with van der Waals surface area (Å²) in [6.45, 7) is 7.54. The van der Waals surface area contributed by atoms with Gasteiger partial charge < -0.3 is 4.74 Å². The average Bonchev–Trinajstić information content (AvgIpc) is 3.38. The molecular formula is C27H29FN2O3. The summed E-state index contributed by atoms with van der Waals surface area (Å²) in [4.78, 5) is 29.8. The first-order valence-corrected chi connectivity index (χ1v) is 11.3. The largest absolute Gasteiger partial charge is 0.447 e. The average molecular weight is 449 g/mol. The van der Waals surface area contributed by atoms with Crippen molar-refractivity contribution in [2.24, 2.45) is 5.92 Å². The van der Waals surface area contributed by atoms with Crippen LogP contribution in [0.25, 0.3) is 0 Å². The molecule has 0 saturated carbocycles. The monoisotopic (exact) mass is 448 g/mol. The highest BCUT2D eigenvalue weighted by Gasteiger charge is 2.47. The number of hydrogen-bond acceptors (Lipinski definition) is 4. The number of hydrogen-bond donors (Lipinski definition) is 0. The van der Waals surface area contributed by atoms with E-state index in [1.165, 1.54) is 11.0 Å². The molecule has 0 bridgehead atoms. The molecule has 2 aromatic carbocycles. The van der Waals surface area contributed by atoms with E-state index < -0.39 is 12.0 Å². The predicted octanol–water partition coefficient (Wildman–Crippen LogP) is 4.56. The highest BCUT2D eigenvalue weighted by Crippen LogP contribution is 2.37. The van der Waals surface area contributed by atoms with Crippen LogP contribution in [0.5, 0.6) is 0 Å². The molecule has 2 aromatic rings. The van der Waals surface area contributed by atoms with Crippen LogP contribution in [0.2, 0.25) is 0 Å². The van der Waals surface area contributed by atoms with Gasteiger partial charge in [0.15, 0.2) is 0 Å². The summed E-state index contributed by atoms with van der Waals surface area (Å²) in [5.41, 5.74) is 2.64. The van der Waals surface area contributed by atoms with Crippen LogP contribution in [-0.4, -0.2) is 54.1 Å². The second-order valence-electron chi connectivity index (χ2n) is 8.81. The maximum atomic E-state index is 14.7.